The van der Waals surface area contributed by atoms with Crippen molar-refractivity contribution in [2.45, 2.75) is 6.54 Å². The molecule has 3 aromatic rings. The van der Waals surface area contributed by atoms with E-state index in [9.17, 15) is 9.18 Å². The molecule has 0 aliphatic rings. The quantitative estimate of drug-likeness (QED) is 0.682. The number of ether oxygens (including phenoxy) is 1. The molecule has 0 radical (unpaired) electrons. The number of halogens is 1. The van der Waals surface area contributed by atoms with Crippen LogP contribution in [0.25, 0.3) is 10.2 Å². The third-order valence-corrected chi connectivity index (χ3v) is 4.41. The van der Waals surface area contributed by atoms with Crippen molar-refractivity contribution in [3.05, 3.63) is 53.2 Å². The number of hydrogen-bond acceptors (Lipinski definition) is 4. The number of nitrogens with zero attached hydrogens (tertiary/aromatic N) is 4. The van der Waals surface area contributed by atoms with Crippen LogP contribution >= 0.6 is 11.3 Å². The van der Waals surface area contributed by atoms with Gasteiger partial charge in [0.1, 0.15) is 11.4 Å². The van der Waals surface area contributed by atoms with Gasteiger partial charge in [-0.15, -0.1) is 11.7 Å². The molecule has 2 heterocycles. The van der Waals surface area contributed by atoms with Crippen LogP contribution in [0.15, 0.2) is 42.0 Å². The summed E-state index contributed by atoms with van der Waals surface area (Å²) in [6, 6.07) is 4.47. The van der Waals surface area contributed by atoms with E-state index in [1.807, 2.05) is 4.57 Å². The van der Waals surface area contributed by atoms with Crippen LogP contribution in [0.1, 0.15) is 10.4 Å². The van der Waals surface area contributed by atoms with E-state index >= 15 is 0 Å². The first kappa shape index (κ1) is 16.1. The van der Waals surface area contributed by atoms with E-state index < -0.39 is 5.91 Å². The van der Waals surface area contributed by atoms with E-state index in [4.69, 9.17) is 4.74 Å². The fourth-order valence-corrected chi connectivity index (χ4v) is 3.41. The molecule has 3 rings (SSSR count). The number of aromatic nitrogens is 3. The maximum absolute atomic E-state index is 13.4. The summed E-state index contributed by atoms with van der Waals surface area (Å²) < 4.78 is 22.5. The van der Waals surface area contributed by atoms with Gasteiger partial charge in [0.25, 0.3) is 5.91 Å². The fourth-order valence-electron chi connectivity index (χ4n) is 2.35. The predicted octanol–water partition coefficient (Wildman–Crippen LogP) is 2.51. The number of allylic oxidation sites excluding steroid dienone is 1. The number of rotatable bonds is 4. The Morgan fingerprint density at radius 2 is 2.33 bits per heavy atom. The maximum atomic E-state index is 13.4. The molecule has 8 heteroatoms. The average molecular weight is 346 g/mol. The van der Waals surface area contributed by atoms with E-state index in [0.29, 0.717) is 16.0 Å². The monoisotopic (exact) mass is 346 g/mol. The SMILES string of the molecule is C=CCn1c(=NC(=O)c2cn(C)nc2OC)sc2cc(F)ccc21. The van der Waals surface area contributed by atoms with E-state index in [-0.39, 0.29) is 17.3 Å². The Labute approximate surface area is 141 Å². The first-order valence-corrected chi connectivity index (χ1v) is 7.91. The molecule has 0 unspecified atom stereocenters. The Hall–Kier alpha value is -2.74. The molecule has 0 saturated carbocycles. The molecule has 0 saturated heterocycles. The standard InChI is InChI=1S/C16H15FN4O2S/c1-4-7-21-12-6-5-10(17)8-13(12)24-16(21)18-14(22)11-9-20(2)19-15(11)23-3/h4-6,8-9H,1,7H2,2-3H3. The number of fused-ring (bicyclic) bond motifs is 1. The summed E-state index contributed by atoms with van der Waals surface area (Å²) in [6.45, 7) is 4.18. The molecule has 1 amide bonds. The van der Waals surface area contributed by atoms with Crippen LogP contribution in [-0.2, 0) is 13.6 Å². The van der Waals surface area contributed by atoms with Crippen LogP contribution in [0, 0.1) is 5.82 Å². The summed E-state index contributed by atoms with van der Waals surface area (Å²) in [7, 11) is 3.14. The Bertz CT molecular complexity index is 999. The second-order valence-corrected chi connectivity index (χ2v) is 6.05. The first-order chi connectivity index (χ1) is 11.5. The third-order valence-electron chi connectivity index (χ3n) is 3.37. The van der Waals surface area contributed by atoms with Crippen molar-refractivity contribution in [2.24, 2.45) is 12.0 Å². The summed E-state index contributed by atoms with van der Waals surface area (Å²) in [6.07, 6.45) is 3.25. The lowest BCUT2D eigenvalue weighted by molar-refractivity contribution is 0.0995. The summed E-state index contributed by atoms with van der Waals surface area (Å²) in [4.78, 5) is 17.1. The van der Waals surface area contributed by atoms with E-state index in [1.165, 1.54) is 35.3 Å². The molecule has 0 atom stereocenters. The van der Waals surface area contributed by atoms with Crippen LogP contribution in [0.4, 0.5) is 4.39 Å². The van der Waals surface area contributed by atoms with Crippen molar-refractivity contribution >= 4 is 27.5 Å². The number of aryl methyl sites for hydroxylation is 1. The number of amides is 1. The van der Waals surface area contributed by atoms with Gasteiger partial charge in [0, 0.05) is 19.8 Å². The molecule has 0 aliphatic heterocycles. The van der Waals surface area contributed by atoms with Crippen molar-refractivity contribution in [3.8, 4) is 5.88 Å². The minimum atomic E-state index is -0.468. The van der Waals surface area contributed by atoms with Crippen LogP contribution < -0.4 is 9.54 Å². The second-order valence-electron chi connectivity index (χ2n) is 5.04. The zero-order chi connectivity index (χ0) is 17.3. The van der Waals surface area contributed by atoms with Crippen molar-refractivity contribution in [1.82, 2.24) is 14.3 Å². The van der Waals surface area contributed by atoms with E-state index in [2.05, 4.69) is 16.7 Å². The highest BCUT2D eigenvalue weighted by Crippen LogP contribution is 2.20. The van der Waals surface area contributed by atoms with Crippen LogP contribution in [-0.4, -0.2) is 27.4 Å². The third kappa shape index (κ3) is 2.88. The van der Waals surface area contributed by atoms with Gasteiger partial charge < -0.3 is 9.30 Å². The molecule has 124 valence electrons. The van der Waals surface area contributed by atoms with E-state index in [1.54, 1.807) is 25.4 Å². The highest BCUT2D eigenvalue weighted by Gasteiger charge is 2.16. The normalized spacial score (nSPS) is 11.9. The lowest BCUT2D eigenvalue weighted by atomic mass is 10.3. The molecule has 1 aromatic carbocycles. The molecule has 0 N–H and O–H groups in total. The smallest absolute Gasteiger partial charge is 0.286 e. The molecule has 0 aliphatic carbocycles. The van der Waals surface area contributed by atoms with Gasteiger partial charge in [-0.2, -0.15) is 4.99 Å². The van der Waals surface area contributed by atoms with Gasteiger partial charge in [-0.25, -0.2) is 4.39 Å². The van der Waals surface area contributed by atoms with Crippen LogP contribution in [0.2, 0.25) is 0 Å². The number of thiazole rings is 1. The molecule has 0 bridgehead atoms. The number of carbonyl (C=O) groups excluding carboxylic acids is 1. The Morgan fingerprint density at radius 3 is 3.04 bits per heavy atom. The van der Waals surface area contributed by atoms with E-state index in [0.717, 1.165) is 5.52 Å². The largest absolute Gasteiger partial charge is 0.479 e. The fraction of sp³-hybridized carbons (Fsp3) is 0.188. The molecule has 2 aromatic heterocycles. The summed E-state index contributed by atoms with van der Waals surface area (Å²) in [5, 5.41) is 4.05. The van der Waals surface area contributed by atoms with Crippen molar-refractivity contribution in [1.29, 1.82) is 0 Å². The lowest BCUT2D eigenvalue weighted by Crippen LogP contribution is -2.16. The highest BCUT2D eigenvalue weighted by molar-refractivity contribution is 7.16. The molecule has 24 heavy (non-hydrogen) atoms. The van der Waals surface area contributed by atoms with Crippen molar-refractivity contribution in [2.75, 3.05) is 7.11 Å². The number of benzene rings is 1. The Kier molecular flexibility index (Phi) is 4.30. The van der Waals surface area contributed by atoms with Crippen molar-refractivity contribution < 1.29 is 13.9 Å². The molecule has 0 fully saturated rings. The second kappa shape index (κ2) is 6.40. The van der Waals surface area contributed by atoms with Crippen LogP contribution in [0.5, 0.6) is 5.88 Å². The number of carbonyl (C=O) groups is 1. The summed E-state index contributed by atoms with van der Waals surface area (Å²) >= 11 is 1.24. The van der Waals surface area contributed by atoms with Crippen LogP contribution in [0.3, 0.4) is 0 Å². The average Bonchev–Trinajstić information content (AvgIpc) is 3.08. The van der Waals surface area contributed by atoms with Gasteiger partial charge in [-0.05, 0) is 18.2 Å². The van der Waals surface area contributed by atoms with Gasteiger partial charge in [0.15, 0.2) is 4.80 Å². The van der Waals surface area contributed by atoms with Gasteiger partial charge >= 0.3 is 0 Å². The molecular weight excluding hydrogens is 331 g/mol. The lowest BCUT2D eigenvalue weighted by Gasteiger charge is -2.00. The highest BCUT2D eigenvalue weighted by atomic mass is 32.1. The van der Waals surface area contributed by atoms with Crippen molar-refractivity contribution in [3.63, 3.8) is 0 Å². The van der Waals surface area contributed by atoms with Gasteiger partial charge in [0.05, 0.1) is 17.3 Å². The van der Waals surface area contributed by atoms with Gasteiger partial charge in [-0.3, -0.25) is 9.48 Å². The summed E-state index contributed by atoms with van der Waals surface area (Å²) in [5.74, 6) is -0.584. The summed E-state index contributed by atoms with van der Waals surface area (Å²) in [5.41, 5.74) is 1.07. The topological polar surface area (TPSA) is 61.4 Å². The van der Waals surface area contributed by atoms with Gasteiger partial charge in [0.2, 0.25) is 5.88 Å². The molecular formula is C16H15FN4O2S. The zero-order valence-electron chi connectivity index (χ0n) is 13.2. The molecule has 0 spiro atoms. The predicted molar refractivity (Wildman–Crippen MR) is 89.6 cm³/mol. The van der Waals surface area contributed by atoms with Gasteiger partial charge in [-0.1, -0.05) is 17.4 Å². The minimum absolute atomic E-state index is 0.216. The maximum Gasteiger partial charge on any atom is 0.286 e. The number of methoxy groups -OCH3 is 1. The number of hydrogen-bond donors (Lipinski definition) is 0. The Balaban J connectivity index is 2.16. The Morgan fingerprint density at radius 1 is 1.54 bits per heavy atom. The zero-order valence-corrected chi connectivity index (χ0v) is 14.0. The first-order valence-electron chi connectivity index (χ1n) is 7.10. The molecule has 6 nitrogen and oxygen atoms in total. The minimum Gasteiger partial charge on any atom is -0.479 e.